The molecule has 2 N–H and O–H groups in total. The van der Waals surface area contributed by atoms with Crippen molar-refractivity contribution in [2.75, 3.05) is 0 Å². The normalized spacial score (nSPS) is 33.0. The lowest BCUT2D eigenvalue weighted by Gasteiger charge is -2.59. The van der Waals surface area contributed by atoms with Crippen molar-refractivity contribution in [2.24, 2.45) is 5.92 Å². The topological polar surface area (TPSA) is 56.3 Å². The Morgan fingerprint density at radius 1 is 1.26 bits per heavy atom. The van der Waals surface area contributed by atoms with E-state index in [0.717, 1.165) is 37.6 Å². The van der Waals surface area contributed by atoms with E-state index >= 15 is 0 Å². The summed E-state index contributed by atoms with van der Waals surface area (Å²) in [6.07, 6.45) is 7.33. The second-order valence-electron chi connectivity index (χ2n) is 9.56. The number of aliphatic hydroxyl groups is 1. The number of hydrogen-bond acceptors (Lipinski definition) is 2. The summed E-state index contributed by atoms with van der Waals surface area (Å²) in [4.78, 5) is 18.8. The molecule has 3 heterocycles. The lowest BCUT2D eigenvalue weighted by molar-refractivity contribution is -0.174. The monoisotopic (exact) mass is 366 g/mol. The van der Waals surface area contributed by atoms with E-state index in [9.17, 15) is 9.90 Å². The fourth-order valence-corrected chi connectivity index (χ4v) is 6.39. The maximum absolute atomic E-state index is 13.3. The number of aromatic nitrogens is 1. The van der Waals surface area contributed by atoms with Crippen LogP contribution in [0.5, 0.6) is 0 Å². The van der Waals surface area contributed by atoms with Crippen LogP contribution in [-0.2, 0) is 4.79 Å². The number of aromatic amines is 1. The summed E-state index contributed by atoms with van der Waals surface area (Å²) in [6.45, 7) is 6.49. The van der Waals surface area contributed by atoms with Crippen LogP contribution in [0.25, 0.3) is 10.9 Å². The third-order valence-corrected chi connectivity index (χ3v) is 7.60. The molecule has 0 radical (unpaired) electrons. The zero-order valence-electron chi connectivity index (χ0n) is 16.6. The van der Waals surface area contributed by atoms with Gasteiger partial charge in [-0.15, -0.1) is 0 Å². The van der Waals surface area contributed by atoms with E-state index in [-0.39, 0.29) is 23.9 Å². The summed E-state index contributed by atoms with van der Waals surface area (Å²) in [6, 6.07) is 4.80. The van der Waals surface area contributed by atoms with Gasteiger partial charge in [0, 0.05) is 35.6 Å². The predicted octanol–water partition coefficient (Wildman–Crippen LogP) is 4.18. The zero-order chi connectivity index (χ0) is 18.9. The number of nitrogens with one attached hydrogen (secondary N) is 1. The molecule has 4 fully saturated rings. The van der Waals surface area contributed by atoms with Crippen molar-refractivity contribution in [3.63, 3.8) is 0 Å². The lowest BCUT2D eigenvalue weighted by Crippen LogP contribution is -2.65. The number of amides is 1. The Hall–Kier alpha value is -1.81. The molecule has 1 aromatic carbocycles. The van der Waals surface area contributed by atoms with Crippen molar-refractivity contribution in [3.8, 4) is 0 Å². The number of benzene rings is 1. The van der Waals surface area contributed by atoms with Crippen molar-refractivity contribution >= 4 is 16.8 Å². The first-order chi connectivity index (χ1) is 12.8. The van der Waals surface area contributed by atoms with Gasteiger partial charge in [0.2, 0.25) is 5.91 Å². The zero-order valence-corrected chi connectivity index (χ0v) is 16.6. The maximum atomic E-state index is 13.3. The van der Waals surface area contributed by atoms with Crippen LogP contribution in [0.3, 0.4) is 0 Å². The minimum atomic E-state index is -0.496. The molecular formula is C23H30N2O2. The van der Waals surface area contributed by atoms with Crippen LogP contribution < -0.4 is 0 Å². The van der Waals surface area contributed by atoms with Gasteiger partial charge in [0.25, 0.3) is 0 Å². The molecule has 2 aliphatic carbocycles. The molecule has 4 aliphatic rings. The number of rotatable bonds is 3. The van der Waals surface area contributed by atoms with E-state index < -0.39 is 5.60 Å². The van der Waals surface area contributed by atoms with Crippen molar-refractivity contribution in [2.45, 2.75) is 82.9 Å². The number of H-pyrrole nitrogens is 1. The highest BCUT2D eigenvalue weighted by molar-refractivity contribution is 5.89. The minimum absolute atomic E-state index is 0.187. The summed E-state index contributed by atoms with van der Waals surface area (Å²) >= 11 is 0. The summed E-state index contributed by atoms with van der Waals surface area (Å²) in [5, 5.41) is 12.0. The fourth-order valence-electron chi connectivity index (χ4n) is 6.39. The second kappa shape index (κ2) is 5.84. The predicted molar refractivity (Wildman–Crippen MR) is 107 cm³/mol. The van der Waals surface area contributed by atoms with Crippen molar-refractivity contribution in [1.82, 2.24) is 9.88 Å². The Bertz CT molecular complexity index is 898. The highest BCUT2D eigenvalue weighted by atomic mass is 16.3. The quantitative estimate of drug-likeness (QED) is 0.856. The largest absolute Gasteiger partial charge is 0.390 e. The Balaban J connectivity index is 1.38. The van der Waals surface area contributed by atoms with Crippen molar-refractivity contribution in [3.05, 3.63) is 35.0 Å². The molecule has 4 nitrogen and oxygen atoms in total. The molecule has 0 spiro atoms. The van der Waals surface area contributed by atoms with Gasteiger partial charge >= 0.3 is 0 Å². The van der Waals surface area contributed by atoms with Gasteiger partial charge in [-0.1, -0.05) is 13.0 Å². The summed E-state index contributed by atoms with van der Waals surface area (Å²) in [7, 11) is 0. The van der Waals surface area contributed by atoms with Crippen LogP contribution in [-0.4, -0.2) is 38.6 Å². The molecule has 3 unspecified atom stereocenters. The Labute approximate surface area is 160 Å². The fraction of sp³-hybridized carbons (Fsp3) is 0.609. The Morgan fingerprint density at radius 3 is 2.63 bits per heavy atom. The third kappa shape index (κ3) is 2.64. The number of nitrogens with zero attached hydrogens (tertiary/aromatic N) is 1. The number of hydrogen-bond donors (Lipinski definition) is 2. The first kappa shape index (κ1) is 17.3. The summed E-state index contributed by atoms with van der Waals surface area (Å²) in [5.41, 5.74) is 4.51. The summed E-state index contributed by atoms with van der Waals surface area (Å²) in [5.74, 6) is 1.08. The summed E-state index contributed by atoms with van der Waals surface area (Å²) < 4.78 is 0. The van der Waals surface area contributed by atoms with Crippen LogP contribution in [0.1, 0.15) is 68.1 Å². The molecular weight excluding hydrogens is 336 g/mol. The molecule has 4 bridgehead atoms. The molecule has 2 saturated heterocycles. The first-order valence-corrected chi connectivity index (χ1v) is 10.5. The highest BCUT2D eigenvalue weighted by Crippen LogP contribution is 2.51. The molecule has 144 valence electrons. The molecule has 27 heavy (non-hydrogen) atoms. The van der Waals surface area contributed by atoms with Crippen LogP contribution in [0, 0.1) is 19.8 Å². The van der Waals surface area contributed by atoms with E-state index in [1.165, 1.54) is 22.1 Å². The van der Waals surface area contributed by atoms with Crippen molar-refractivity contribution < 1.29 is 9.90 Å². The molecule has 1 amide bonds. The average Bonchev–Trinajstić information content (AvgIpc) is 3.01. The number of fused-ring (bicyclic) bond motifs is 1. The van der Waals surface area contributed by atoms with Gasteiger partial charge < -0.3 is 15.0 Å². The molecule has 2 aliphatic heterocycles. The highest BCUT2D eigenvalue weighted by Gasteiger charge is 2.54. The average molecular weight is 367 g/mol. The lowest BCUT2D eigenvalue weighted by atomic mass is 9.61. The van der Waals surface area contributed by atoms with E-state index in [1.807, 2.05) is 0 Å². The van der Waals surface area contributed by atoms with E-state index in [4.69, 9.17) is 0 Å². The van der Waals surface area contributed by atoms with Crippen LogP contribution >= 0.6 is 0 Å². The molecule has 2 aromatic rings. The van der Waals surface area contributed by atoms with Crippen molar-refractivity contribution in [1.29, 1.82) is 0 Å². The SMILES string of the molecule is Cc1ccc2[nH]cc(C(C)CC(=O)N3C4CC5CC3CC(O)(C5)C4)c2c1C. The standard InChI is InChI=1S/C23H30N2O2/c1-13-4-5-20-22(15(13)3)19(12-24-20)14(2)6-21(26)25-17-7-16-8-18(25)11-23(27,9-16)10-17/h4-5,12,14,16-18,24,27H,6-11H2,1-3H3. The van der Waals surface area contributed by atoms with Crippen LogP contribution in [0.15, 0.2) is 18.3 Å². The van der Waals surface area contributed by atoms with Gasteiger partial charge in [0.1, 0.15) is 0 Å². The first-order valence-electron chi connectivity index (χ1n) is 10.5. The third-order valence-electron chi connectivity index (χ3n) is 7.60. The van der Waals surface area contributed by atoms with Gasteiger partial charge in [-0.25, -0.2) is 0 Å². The Kier molecular flexibility index (Phi) is 3.74. The second-order valence-corrected chi connectivity index (χ2v) is 9.56. The van der Waals surface area contributed by atoms with Crippen LogP contribution in [0.2, 0.25) is 0 Å². The molecule has 3 atom stereocenters. The van der Waals surface area contributed by atoms with Gasteiger partial charge in [-0.3, -0.25) is 4.79 Å². The molecule has 2 saturated carbocycles. The maximum Gasteiger partial charge on any atom is 0.223 e. The minimum Gasteiger partial charge on any atom is -0.390 e. The number of carbonyl (C=O) groups is 1. The van der Waals surface area contributed by atoms with Gasteiger partial charge in [-0.05, 0) is 80.5 Å². The van der Waals surface area contributed by atoms with E-state index in [0.29, 0.717) is 12.3 Å². The number of piperidine rings is 2. The van der Waals surface area contributed by atoms with E-state index in [2.05, 4.69) is 49.0 Å². The van der Waals surface area contributed by atoms with Gasteiger partial charge in [0.15, 0.2) is 0 Å². The smallest absolute Gasteiger partial charge is 0.223 e. The Morgan fingerprint density at radius 2 is 1.96 bits per heavy atom. The van der Waals surface area contributed by atoms with Gasteiger partial charge in [0.05, 0.1) is 5.60 Å². The van der Waals surface area contributed by atoms with E-state index in [1.54, 1.807) is 0 Å². The number of aryl methyl sites for hydroxylation is 2. The number of carbonyl (C=O) groups excluding carboxylic acids is 1. The molecule has 6 rings (SSSR count). The van der Waals surface area contributed by atoms with Gasteiger partial charge in [-0.2, -0.15) is 0 Å². The van der Waals surface area contributed by atoms with Crippen LogP contribution in [0.4, 0.5) is 0 Å². The molecule has 1 aromatic heterocycles. The molecule has 4 heteroatoms.